The monoisotopic (exact) mass is 432 g/mol. The molecule has 10 heteroatoms. The first-order valence-electron chi connectivity index (χ1n) is 11.0. The average Bonchev–Trinajstić information content (AvgIpc) is 3.19. The van der Waals surface area contributed by atoms with E-state index >= 15 is 0 Å². The summed E-state index contributed by atoms with van der Waals surface area (Å²) >= 11 is 0. The topological polar surface area (TPSA) is 98.2 Å². The second-order valence-corrected chi connectivity index (χ2v) is 8.93. The number of carbonyl (C=O) groups excluding carboxylic acids is 1. The first-order valence-corrected chi connectivity index (χ1v) is 11.0. The first-order chi connectivity index (χ1) is 14.8. The van der Waals surface area contributed by atoms with Gasteiger partial charge in [-0.05, 0) is 33.3 Å². The van der Waals surface area contributed by atoms with Gasteiger partial charge in [0.15, 0.2) is 5.96 Å². The Morgan fingerprint density at radius 1 is 1.19 bits per heavy atom. The molecular weight excluding hydrogens is 396 g/mol. The summed E-state index contributed by atoms with van der Waals surface area (Å²) in [6, 6.07) is 1.91. The number of guanidine groups is 1. The van der Waals surface area contributed by atoms with Crippen molar-refractivity contribution in [1.82, 2.24) is 30.4 Å². The summed E-state index contributed by atoms with van der Waals surface area (Å²) in [7, 11) is 1.80. The molecule has 1 unspecified atom stereocenters. The van der Waals surface area contributed by atoms with Crippen LogP contribution < -0.4 is 15.5 Å². The fourth-order valence-corrected chi connectivity index (χ4v) is 3.83. The van der Waals surface area contributed by atoms with Crippen molar-refractivity contribution < 1.29 is 9.53 Å². The number of hydrogen-bond acceptors (Lipinski definition) is 7. The van der Waals surface area contributed by atoms with Gasteiger partial charge in [0.2, 0.25) is 5.95 Å². The summed E-state index contributed by atoms with van der Waals surface area (Å²) in [5.41, 5.74) is -0.487. The van der Waals surface area contributed by atoms with E-state index in [1.807, 2.05) is 26.8 Å². The van der Waals surface area contributed by atoms with E-state index in [0.29, 0.717) is 0 Å². The van der Waals surface area contributed by atoms with E-state index < -0.39 is 5.60 Å². The van der Waals surface area contributed by atoms with E-state index in [-0.39, 0.29) is 12.1 Å². The van der Waals surface area contributed by atoms with Gasteiger partial charge in [0, 0.05) is 71.8 Å². The number of hydrogen-bond donors (Lipinski definition) is 2. The molecule has 3 rings (SSSR count). The highest BCUT2D eigenvalue weighted by Crippen LogP contribution is 2.12. The molecule has 1 aromatic heterocycles. The van der Waals surface area contributed by atoms with Crippen LogP contribution in [-0.2, 0) is 4.74 Å². The van der Waals surface area contributed by atoms with Gasteiger partial charge >= 0.3 is 6.09 Å². The van der Waals surface area contributed by atoms with Gasteiger partial charge in [-0.2, -0.15) is 0 Å². The summed E-state index contributed by atoms with van der Waals surface area (Å²) in [6.07, 6.45) is 4.10. The Kier molecular flexibility index (Phi) is 7.89. The fraction of sp³-hybridized carbons (Fsp3) is 0.714. The number of ether oxygens (including phenoxy) is 1. The Hall–Kier alpha value is -2.62. The summed E-state index contributed by atoms with van der Waals surface area (Å²) in [4.78, 5) is 32.0. The van der Waals surface area contributed by atoms with Gasteiger partial charge in [0.25, 0.3) is 0 Å². The second kappa shape index (κ2) is 10.6. The van der Waals surface area contributed by atoms with Crippen LogP contribution in [0, 0.1) is 0 Å². The third-order valence-electron chi connectivity index (χ3n) is 5.34. The number of amides is 1. The molecular formula is C21H36N8O2. The molecule has 0 saturated carbocycles. The Morgan fingerprint density at radius 2 is 1.90 bits per heavy atom. The lowest BCUT2D eigenvalue weighted by Crippen LogP contribution is -2.50. The van der Waals surface area contributed by atoms with Crippen molar-refractivity contribution in [3.63, 3.8) is 0 Å². The number of rotatable bonds is 5. The van der Waals surface area contributed by atoms with Gasteiger partial charge in [-0.15, -0.1) is 0 Å². The quantitative estimate of drug-likeness (QED) is 0.520. The van der Waals surface area contributed by atoms with E-state index in [1.165, 1.54) is 0 Å². The zero-order valence-electron chi connectivity index (χ0n) is 19.2. The van der Waals surface area contributed by atoms with Crippen LogP contribution in [0.3, 0.4) is 0 Å². The Labute approximate surface area is 185 Å². The number of nitrogens with zero attached hydrogens (tertiary/aromatic N) is 6. The van der Waals surface area contributed by atoms with Gasteiger partial charge in [-0.1, -0.05) is 0 Å². The van der Waals surface area contributed by atoms with Crippen molar-refractivity contribution in [2.75, 3.05) is 64.3 Å². The van der Waals surface area contributed by atoms with Crippen molar-refractivity contribution >= 4 is 18.0 Å². The molecule has 31 heavy (non-hydrogen) atoms. The van der Waals surface area contributed by atoms with Crippen LogP contribution in [0.4, 0.5) is 10.7 Å². The fourth-order valence-electron chi connectivity index (χ4n) is 3.83. The van der Waals surface area contributed by atoms with Crippen LogP contribution in [0.25, 0.3) is 0 Å². The van der Waals surface area contributed by atoms with E-state index in [0.717, 1.165) is 70.7 Å². The van der Waals surface area contributed by atoms with Crippen molar-refractivity contribution in [3.05, 3.63) is 18.5 Å². The minimum atomic E-state index is -0.487. The highest BCUT2D eigenvalue weighted by molar-refractivity contribution is 5.80. The van der Waals surface area contributed by atoms with Gasteiger partial charge in [-0.25, -0.2) is 14.8 Å². The lowest BCUT2D eigenvalue weighted by atomic mass is 10.2. The summed E-state index contributed by atoms with van der Waals surface area (Å²) in [5, 5.41) is 6.43. The Morgan fingerprint density at radius 3 is 2.55 bits per heavy atom. The second-order valence-electron chi connectivity index (χ2n) is 8.93. The molecule has 172 valence electrons. The summed E-state index contributed by atoms with van der Waals surface area (Å²) < 4.78 is 5.36. The maximum absolute atomic E-state index is 12.0. The number of likely N-dealkylation sites (tertiary alicyclic amines) is 1. The highest BCUT2D eigenvalue weighted by atomic mass is 16.6. The standard InChI is InChI=1S/C21H36N8O2/c1-21(2,3)31-20(30)26-17-6-10-29(16-17)18(22-4)25-9-11-27-12-14-28(15-13-27)19-23-7-5-8-24-19/h5,7-8,17H,6,9-16H2,1-4H3,(H,22,25)(H,26,30). The molecule has 1 amide bonds. The molecule has 0 spiro atoms. The van der Waals surface area contributed by atoms with E-state index in [9.17, 15) is 4.79 Å². The molecule has 0 aromatic carbocycles. The average molecular weight is 433 g/mol. The maximum Gasteiger partial charge on any atom is 0.407 e. The molecule has 0 aliphatic carbocycles. The largest absolute Gasteiger partial charge is 0.444 e. The van der Waals surface area contributed by atoms with Crippen LogP contribution in [0.1, 0.15) is 27.2 Å². The molecule has 0 bridgehead atoms. The Bertz CT molecular complexity index is 729. The van der Waals surface area contributed by atoms with E-state index in [4.69, 9.17) is 4.74 Å². The normalized spacial score (nSPS) is 20.6. The molecule has 2 saturated heterocycles. The number of alkyl carbamates (subject to hydrolysis) is 1. The first kappa shape index (κ1) is 23.1. The molecule has 2 fully saturated rings. The molecule has 1 aromatic rings. The lowest BCUT2D eigenvalue weighted by Gasteiger charge is -2.34. The zero-order chi connectivity index (χ0) is 22.3. The van der Waals surface area contributed by atoms with Crippen LogP contribution in [0.2, 0.25) is 0 Å². The molecule has 10 nitrogen and oxygen atoms in total. The summed E-state index contributed by atoms with van der Waals surface area (Å²) in [5.74, 6) is 1.69. The third kappa shape index (κ3) is 7.23. The molecule has 2 aliphatic rings. The number of nitrogens with one attached hydrogen (secondary N) is 2. The van der Waals surface area contributed by atoms with Gasteiger partial charge in [0.05, 0.1) is 6.04 Å². The third-order valence-corrected chi connectivity index (χ3v) is 5.34. The molecule has 3 heterocycles. The van der Waals surface area contributed by atoms with Gasteiger partial charge < -0.3 is 25.2 Å². The van der Waals surface area contributed by atoms with E-state index in [2.05, 4.69) is 40.3 Å². The van der Waals surface area contributed by atoms with Crippen LogP contribution in [0.5, 0.6) is 0 Å². The number of aliphatic imine (C=N–C) groups is 1. The number of piperazine rings is 1. The molecule has 0 radical (unpaired) electrons. The number of carbonyl (C=O) groups is 1. The minimum Gasteiger partial charge on any atom is -0.444 e. The predicted octanol–water partition coefficient (Wildman–Crippen LogP) is 0.773. The smallest absolute Gasteiger partial charge is 0.407 e. The highest BCUT2D eigenvalue weighted by Gasteiger charge is 2.28. The van der Waals surface area contributed by atoms with Crippen molar-refractivity contribution in [3.8, 4) is 0 Å². The number of aromatic nitrogens is 2. The minimum absolute atomic E-state index is 0.0710. The van der Waals surface area contributed by atoms with Crippen LogP contribution >= 0.6 is 0 Å². The SMILES string of the molecule is CN=C(NCCN1CCN(c2ncccn2)CC1)N1CCC(NC(=O)OC(C)(C)C)C1. The lowest BCUT2D eigenvalue weighted by molar-refractivity contribution is 0.0507. The molecule has 2 aliphatic heterocycles. The summed E-state index contributed by atoms with van der Waals surface area (Å²) in [6.45, 7) is 12.8. The van der Waals surface area contributed by atoms with Gasteiger partial charge in [-0.3, -0.25) is 9.89 Å². The predicted molar refractivity (Wildman–Crippen MR) is 121 cm³/mol. The van der Waals surface area contributed by atoms with Gasteiger partial charge in [0.1, 0.15) is 5.60 Å². The van der Waals surface area contributed by atoms with Crippen LogP contribution in [-0.4, -0.2) is 103 Å². The van der Waals surface area contributed by atoms with E-state index in [1.54, 1.807) is 19.4 Å². The van der Waals surface area contributed by atoms with Crippen LogP contribution in [0.15, 0.2) is 23.5 Å². The maximum atomic E-state index is 12.0. The number of anilines is 1. The van der Waals surface area contributed by atoms with Crippen molar-refractivity contribution in [1.29, 1.82) is 0 Å². The zero-order valence-corrected chi connectivity index (χ0v) is 19.2. The van der Waals surface area contributed by atoms with Crippen molar-refractivity contribution in [2.24, 2.45) is 4.99 Å². The van der Waals surface area contributed by atoms with Crippen molar-refractivity contribution in [2.45, 2.75) is 38.8 Å². The molecule has 1 atom stereocenters. The molecule has 2 N–H and O–H groups in total. The Balaban J connectivity index is 1.35.